The van der Waals surface area contributed by atoms with E-state index < -0.39 is 0 Å². The molecule has 1 fully saturated rings. The van der Waals surface area contributed by atoms with Crippen LogP contribution in [0.5, 0.6) is 0 Å². The van der Waals surface area contributed by atoms with Crippen molar-refractivity contribution < 1.29 is 4.79 Å². The highest BCUT2D eigenvalue weighted by molar-refractivity contribution is 5.83. The van der Waals surface area contributed by atoms with Gasteiger partial charge in [-0.2, -0.15) is 0 Å². The summed E-state index contributed by atoms with van der Waals surface area (Å²) in [6.45, 7) is 6.98. The molecule has 160 valence electrons. The molecule has 4 rings (SSSR count). The molecular formula is C28H37NO. The first-order valence-corrected chi connectivity index (χ1v) is 12.2. The van der Waals surface area contributed by atoms with E-state index in [1.807, 2.05) is 0 Å². The Morgan fingerprint density at radius 2 is 1.50 bits per heavy atom. The van der Waals surface area contributed by atoms with Crippen molar-refractivity contribution in [1.29, 1.82) is 0 Å². The maximum absolute atomic E-state index is 11.2. The number of anilines is 1. The van der Waals surface area contributed by atoms with E-state index in [1.54, 1.807) is 5.56 Å². The Bertz CT molecular complexity index is 870. The molecule has 0 spiro atoms. The molecular weight excluding hydrogens is 366 g/mol. The van der Waals surface area contributed by atoms with Gasteiger partial charge in [0.15, 0.2) is 0 Å². The molecule has 2 aromatic rings. The molecule has 1 saturated heterocycles. The standard InChI is InChI=1S/C28H37NO/c1-3-5-15-28(16-6-4-2)26-20-22(14-19-30)10-12-24(26)25-13-11-23(21-27(25)28)29-17-8-7-9-18-29/h10-13,19-21H,3-9,14-18H2,1-2H3. The average molecular weight is 404 g/mol. The molecule has 1 heterocycles. The van der Waals surface area contributed by atoms with Crippen LogP contribution in [0.4, 0.5) is 5.69 Å². The van der Waals surface area contributed by atoms with E-state index in [-0.39, 0.29) is 5.41 Å². The van der Waals surface area contributed by atoms with Crippen molar-refractivity contribution in [2.45, 2.75) is 83.5 Å². The Morgan fingerprint density at radius 1 is 0.867 bits per heavy atom. The third kappa shape index (κ3) is 3.82. The number of piperidine rings is 1. The molecule has 0 N–H and O–H groups in total. The van der Waals surface area contributed by atoms with Crippen molar-refractivity contribution >= 4 is 12.0 Å². The quantitative estimate of drug-likeness (QED) is 0.417. The van der Waals surface area contributed by atoms with Crippen molar-refractivity contribution in [3.8, 4) is 11.1 Å². The van der Waals surface area contributed by atoms with E-state index in [0.717, 1.165) is 11.8 Å². The zero-order chi connectivity index (χ0) is 21.0. The number of nitrogens with zero attached hydrogens (tertiary/aromatic N) is 1. The summed E-state index contributed by atoms with van der Waals surface area (Å²) in [5.41, 5.74) is 8.52. The number of rotatable bonds is 9. The molecule has 0 atom stereocenters. The fraction of sp³-hybridized carbons (Fsp3) is 0.536. The zero-order valence-corrected chi connectivity index (χ0v) is 18.9. The van der Waals surface area contributed by atoms with E-state index in [2.05, 4.69) is 55.1 Å². The summed E-state index contributed by atoms with van der Waals surface area (Å²) in [6, 6.07) is 14.1. The zero-order valence-electron chi connectivity index (χ0n) is 18.9. The second kappa shape index (κ2) is 9.37. The van der Waals surface area contributed by atoms with Gasteiger partial charge in [-0.3, -0.25) is 0 Å². The largest absolute Gasteiger partial charge is 0.372 e. The van der Waals surface area contributed by atoms with Crippen LogP contribution in [-0.4, -0.2) is 19.4 Å². The minimum absolute atomic E-state index is 0.0986. The molecule has 2 aromatic carbocycles. The van der Waals surface area contributed by atoms with Gasteiger partial charge in [0.25, 0.3) is 0 Å². The van der Waals surface area contributed by atoms with Crippen LogP contribution in [0.3, 0.4) is 0 Å². The van der Waals surface area contributed by atoms with E-state index in [0.29, 0.717) is 6.42 Å². The van der Waals surface area contributed by atoms with Crippen LogP contribution in [0.2, 0.25) is 0 Å². The number of hydrogen-bond donors (Lipinski definition) is 0. The summed E-state index contributed by atoms with van der Waals surface area (Å²) in [5.74, 6) is 0. The second-order valence-corrected chi connectivity index (χ2v) is 9.32. The lowest BCUT2D eigenvalue weighted by Gasteiger charge is -2.34. The second-order valence-electron chi connectivity index (χ2n) is 9.32. The van der Waals surface area contributed by atoms with E-state index in [1.165, 1.54) is 93.3 Å². The van der Waals surface area contributed by atoms with Gasteiger partial charge in [0.05, 0.1) is 0 Å². The van der Waals surface area contributed by atoms with Gasteiger partial charge in [-0.05, 0) is 72.1 Å². The number of carbonyl (C=O) groups excluding carboxylic acids is 1. The van der Waals surface area contributed by atoms with Crippen LogP contribution >= 0.6 is 0 Å². The van der Waals surface area contributed by atoms with Gasteiger partial charge in [-0.15, -0.1) is 0 Å². The summed E-state index contributed by atoms with van der Waals surface area (Å²) in [7, 11) is 0. The number of aldehydes is 1. The Balaban J connectivity index is 1.85. The number of benzene rings is 2. The highest BCUT2D eigenvalue weighted by atomic mass is 16.1. The first kappa shape index (κ1) is 21.2. The topological polar surface area (TPSA) is 20.3 Å². The summed E-state index contributed by atoms with van der Waals surface area (Å²) in [6.07, 6.45) is 12.9. The molecule has 0 radical (unpaired) electrons. The number of fused-ring (bicyclic) bond motifs is 3. The molecule has 30 heavy (non-hydrogen) atoms. The number of carbonyl (C=O) groups is 1. The van der Waals surface area contributed by atoms with E-state index >= 15 is 0 Å². The monoisotopic (exact) mass is 403 g/mol. The van der Waals surface area contributed by atoms with Crippen molar-refractivity contribution in [3.05, 3.63) is 53.1 Å². The lowest BCUT2D eigenvalue weighted by Crippen LogP contribution is -2.30. The predicted molar refractivity (Wildman–Crippen MR) is 128 cm³/mol. The van der Waals surface area contributed by atoms with Crippen molar-refractivity contribution in [3.63, 3.8) is 0 Å². The molecule has 2 aliphatic rings. The Labute approximate surface area is 182 Å². The first-order valence-electron chi connectivity index (χ1n) is 12.2. The van der Waals surface area contributed by atoms with E-state index in [4.69, 9.17) is 0 Å². The molecule has 0 unspecified atom stereocenters. The van der Waals surface area contributed by atoms with Gasteiger partial charge >= 0.3 is 0 Å². The third-order valence-corrected chi connectivity index (χ3v) is 7.36. The van der Waals surface area contributed by atoms with Crippen LogP contribution in [0.25, 0.3) is 11.1 Å². The average Bonchev–Trinajstić information content (AvgIpc) is 3.06. The molecule has 0 bridgehead atoms. The smallest absolute Gasteiger partial charge is 0.124 e. The van der Waals surface area contributed by atoms with Gasteiger partial charge in [-0.1, -0.05) is 63.8 Å². The van der Waals surface area contributed by atoms with Gasteiger partial charge in [0.2, 0.25) is 0 Å². The molecule has 2 nitrogen and oxygen atoms in total. The van der Waals surface area contributed by atoms with Crippen molar-refractivity contribution in [2.75, 3.05) is 18.0 Å². The highest BCUT2D eigenvalue weighted by Crippen LogP contribution is 2.55. The summed E-state index contributed by atoms with van der Waals surface area (Å²) < 4.78 is 0. The third-order valence-electron chi connectivity index (χ3n) is 7.36. The molecule has 1 aliphatic heterocycles. The van der Waals surface area contributed by atoms with Gasteiger partial charge < -0.3 is 9.69 Å². The van der Waals surface area contributed by atoms with Gasteiger partial charge in [0.1, 0.15) is 6.29 Å². The summed E-state index contributed by atoms with van der Waals surface area (Å²) >= 11 is 0. The highest BCUT2D eigenvalue weighted by Gasteiger charge is 2.42. The maximum Gasteiger partial charge on any atom is 0.124 e. The van der Waals surface area contributed by atoms with Gasteiger partial charge in [0, 0.05) is 30.6 Å². The summed E-state index contributed by atoms with van der Waals surface area (Å²) in [4.78, 5) is 13.8. The normalized spacial score (nSPS) is 16.9. The van der Waals surface area contributed by atoms with Crippen LogP contribution in [0.1, 0.15) is 88.3 Å². The molecule has 1 aliphatic carbocycles. The van der Waals surface area contributed by atoms with Crippen molar-refractivity contribution in [1.82, 2.24) is 0 Å². The minimum Gasteiger partial charge on any atom is -0.372 e. The Morgan fingerprint density at radius 3 is 2.13 bits per heavy atom. The lowest BCUT2D eigenvalue weighted by atomic mass is 9.70. The fourth-order valence-corrected chi connectivity index (χ4v) is 5.72. The predicted octanol–water partition coefficient (Wildman–Crippen LogP) is 7.07. The molecule has 0 aromatic heterocycles. The lowest BCUT2D eigenvalue weighted by molar-refractivity contribution is -0.107. The Kier molecular flexibility index (Phi) is 6.61. The van der Waals surface area contributed by atoms with Crippen LogP contribution in [0.15, 0.2) is 36.4 Å². The van der Waals surface area contributed by atoms with Crippen LogP contribution < -0.4 is 4.90 Å². The first-order chi connectivity index (χ1) is 14.7. The minimum atomic E-state index is 0.0986. The molecule has 2 heteroatoms. The fourth-order valence-electron chi connectivity index (χ4n) is 5.72. The number of unbranched alkanes of at least 4 members (excludes halogenated alkanes) is 2. The number of hydrogen-bond acceptors (Lipinski definition) is 2. The Hall–Kier alpha value is -2.09. The van der Waals surface area contributed by atoms with Crippen LogP contribution in [-0.2, 0) is 16.6 Å². The van der Waals surface area contributed by atoms with Crippen LogP contribution in [0, 0.1) is 0 Å². The maximum atomic E-state index is 11.2. The molecule has 0 amide bonds. The SMILES string of the molecule is CCCCC1(CCCC)c2cc(CC=O)ccc2-c2ccc(N3CCCCC3)cc21. The molecule has 0 saturated carbocycles. The van der Waals surface area contributed by atoms with E-state index in [9.17, 15) is 4.79 Å². The summed E-state index contributed by atoms with van der Waals surface area (Å²) in [5, 5.41) is 0. The van der Waals surface area contributed by atoms with Crippen molar-refractivity contribution in [2.24, 2.45) is 0 Å². The van der Waals surface area contributed by atoms with Gasteiger partial charge in [-0.25, -0.2) is 0 Å².